The summed E-state index contributed by atoms with van der Waals surface area (Å²) >= 11 is 5.81. The summed E-state index contributed by atoms with van der Waals surface area (Å²) in [6, 6.07) is 6.66. The zero-order chi connectivity index (χ0) is 21.4. The van der Waals surface area contributed by atoms with Crippen LogP contribution >= 0.6 is 11.6 Å². The summed E-state index contributed by atoms with van der Waals surface area (Å²) in [5, 5.41) is 3.43. The van der Waals surface area contributed by atoms with E-state index in [4.69, 9.17) is 16.3 Å². The van der Waals surface area contributed by atoms with Crippen molar-refractivity contribution in [3.8, 4) is 0 Å². The molecule has 1 saturated heterocycles. The molecule has 0 radical (unpaired) electrons. The van der Waals surface area contributed by atoms with E-state index in [-0.39, 0.29) is 30.6 Å². The van der Waals surface area contributed by atoms with Crippen LogP contribution in [0.2, 0.25) is 5.02 Å². The predicted octanol–water partition coefficient (Wildman–Crippen LogP) is 2.97. The Morgan fingerprint density at radius 1 is 1.03 bits per heavy atom. The number of rotatable bonds is 7. The summed E-state index contributed by atoms with van der Waals surface area (Å²) in [6.45, 7) is 9.48. The normalized spacial score (nSPS) is 15.1. The fourth-order valence-corrected chi connectivity index (χ4v) is 3.06. The third kappa shape index (κ3) is 8.41. The van der Waals surface area contributed by atoms with Gasteiger partial charge < -0.3 is 15.0 Å². The van der Waals surface area contributed by atoms with Gasteiger partial charge in [0.1, 0.15) is 5.60 Å². The first-order valence-electron chi connectivity index (χ1n) is 9.90. The average Bonchev–Trinajstić information content (AvgIpc) is 2.66. The molecule has 0 saturated carbocycles. The van der Waals surface area contributed by atoms with E-state index in [2.05, 4.69) is 10.2 Å². The van der Waals surface area contributed by atoms with E-state index in [9.17, 15) is 14.4 Å². The van der Waals surface area contributed by atoms with Crippen LogP contribution in [0.15, 0.2) is 24.3 Å². The third-order valence-electron chi connectivity index (χ3n) is 4.52. The smallest absolute Gasteiger partial charge is 0.410 e. The summed E-state index contributed by atoms with van der Waals surface area (Å²) in [5.74, 6) is -0.213. The van der Waals surface area contributed by atoms with Gasteiger partial charge in [-0.3, -0.25) is 14.5 Å². The minimum atomic E-state index is -0.493. The van der Waals surface area contributed by atoms with E-state index >= 15 is 0 Å². The molecule has 0 bridgehead atoms. The van der Waals surface area contributed by atoms with Gasteiger partial charge in [0, 0.05) is 62.7 Å². The maximum absolute atomic E-state index is 12.1. The zero-order valence-corrected chi connectivity index (χ0v) is 18.1. The first kappa shape index (κ1) is 23.2. The molecule has 1 aliphatic heterocycles. The highest BCUT2D eigenvalue weighted by molar-refractivity contribution is 6.30. The zero-order valence-electron chi connectivity index (χ0n) is 17.4. The lowest BCUT2D eigenvalue weighted by atomic mass is 10.1. The summed E-state index contributed by atoms with van der Waals surface area (Å²) in [7, 11) is 0. The molecule has 0 atom stereocenters. The van der Waals surface area contributed by atoms with Crippen LogP contribution in [0, 0.1) is 0 Å². The van der Waals surface area contributed by atoms with Crippen molar-refractivity contribution in [2.24, 2.45) is 0 Å². The van der Waals surface area contributed by atoms with Gasteiger partial charge in [-0.2, -0.15) is 0 Å². The van der Waals surface area contributed by atoms with Crippen molar-refractivity contribution in [1.29, 1.82) is 0 Å². The first-order valence-corrected chi connectivity index (χ1v) is 10.3. The van der Waals surface area contributed by atoms with Crippen LogP contribution < -0.4 is 5.32 Å². The lowest BCUT2D eigenvalue weighted by molar-refractivity contribution is -0.121. The molecule has 1 aromatic rings. The van der Waals surface area contributed by atoms with E-state index in [1.165, 1.54) is 0 Å². The van der Waals surface area contributed by atoms with Crippen LogP contribution in [0.1, 0.15) is 44.0 Å². The first-order chi connectivity index (χ1) is 13.6. The molecule has 1 fully saturated rings. The highest BCUT2D eigenvalue weighted by atomic mass is 35.5. The molecule has 29 heavy (non-hydrogen) atoms. The molecule has 1 heterocycles. The number of hydrogen-bond donors (Lipinski definition) is 1. The molecule has 1 aliphatic rings. The minimum Gasteiger partial charge on any atom is -0.444 e. The lowest BCUT2D eigenvalue weighted by Gasteiger charge is -2.35. The monoisotopic (exact) mass is 423 g/mol. The SMILES string of the molecule is CC(C)(C)OC(=O)N1CCN(CCNC(=O)CCC(=O)c2ccc(Cl)cc2)CC1. The molecule has 2 rings (SSSR count). The highest BCUT2D eigenvalue weighted by Gasteiger charge is 2.25. The molecule has 1 aromatic carbocycles. The number of carbonyl (C=O) groups excluding carboxylic acids is 3. The fourth-order valence-electron chi connectivity index (χ4n) is 2.93. The van der Waals surface area contributed by atoms with Crippen molar-refractivity contribution < 1.29 is 19.1 Å². The van der Waals surface area contributed by atoms with Crippen molar-refractivity contribution in [2.75, 3.05) is 39.3 Å². The summed E-state index contributed by atoms with van der Waals surface area (Å²) < 4.78 is 5.39. The van der Waals surface area contributed by atoms with Crippen LogP contribution in [0.3, 0.4) is 0 Å². The van der Waals surface area contributed by atoms with Crippen molar-refractivity contribution >= 4 is 29.4 Å². The molecular weight excluding hydrogens is 394 g/mol. The number of hydrogen-bond acceptors (Lipinski definition) is 5. The molecule has 0 aromatic heterocycles. The Morgan fingerprint density at radius 3 is 2.24 bits per heavy atom. The Balaban J connectivity index is 1.60. The number of benzene rings is 1. The fraction of sp³-hybridized carbons (Fsp3) is 0.571. The largest absolute Gasteiger partial charge is 0.444 e. The van der Waals surface area contributed by atoms with E-state index in [0.29, 0.717) is 36.8 Å². The summed E-state index contributed by atoms with van der Waals surface area (Å²) in [4.78, 5) is 40.0. The van der Waals surface area contributed by atoms with Crippen LogP contribution in [0.25, 0.3) is 0 Å². The molecule has 1 N–H and O–H groups in total. The Morgan fingerprint density at radius 2 is 1.66 bits per heavy atom. The van der Waals surface area contributed by atoms with Gasteiger partial charge in [-0.15, -0.1) is 0 Å². The van der Waals surface area contributed by atoms with Gasteiger partial charge in [-0.05, 0) is 45.0 Å². The molecule has 7 nitrogen and oxygen atoms in total. The number of nitrogens with one attached hydrogen (secondary N) is 1. The van der Waals surface area contributed by atoms with E-state index < -0.39 is 5.60 Å². The van der Waals surface area contributed by atoms with Crippen molar-refractivity contribution in [3.05, 3.63) is 34.9 Å². The molecule has 2 amide bonds. The van der Waals surface area contributed by atoms with Gasteiger partial charge in [0.25, 0.3) is 0 Å². The molecule has 8 heteroatoms. The minimum absolute atomic E-state index is 0.0740. The maximum atomic E-state index is 12.1. The summed E-state index contributed by atoms with van der Waals surface area (Å²) in [5.41, 5.74) is 0.0676. The molecule has 0 aliphatic carbocycles. The number of piperazine rings is 1. The molecule has 160 valence electrons. The number of amides is 2. The number of halogens is 1. The Labute approximate surface area is 177 Å². The standard InChI is InChI=1S/C21H30ClN3O4/c1-21(2,3)29-20(28)25-14-12-24(13-15-25)11-10-23-19(27)9-8-18(26)16-4-6-17(22)7-5-16/h4-7H,8-15H2,1-3H3,(H,23,27). The van der Waals surface area contributed by atoms with Crippen molar-refractivity contribution in [2.45, 2.75) is 39.2 Å². The van der Waals surface area contributed by atoms with Crippen LogP contribution in [-0.4, -0.2) is 72.5 Å². The Kier molecular flexibility index (Phi) is 8.46. The number of nitrogens with zero attached hydrogens (tertiary/aromatic N) is 2. The van der Waals surface area contributed by atoms with E-state index in [1.54, 1.807) is 29.2 Å². The molecular formula is C21H30ClN3O4. The van der Waals surface area contributed by atoms with Gasteiger partial charge in [-0.25, -0.2) is 4.79 Å². The second kappa shape index (κ2) is 10.6. The maximum Gasteiger partial charge on any atom is 0.410 e. The predicted molar refractivity (Wildman–Crippen MR) is 112 cm³/mol. The van der Waals surface area contributed by atoms with Crippen molar-refractivity contribution in [3.63, 3.8) is 0 Å². The third-order valence-corrected chi connectivity index (χ3v) is 4.77. The number of carbonyl (C=O) groups is 3. The molecule has 0 spiro atoms. The lowest BCUT2D eigenvalue weighted by Crippen LogP contribution is -2.51. The second-order valence-electron chi connectivity index (χ2n) is 8.09. The quantitative estimate of drug-likeness (QED) is 0.682. The Hall–Kier alpha value is -2.12. The van der Waals surface area contributed by atoms with Crippen LogP contribution in [0.5, 0.6) is 0 Å². The van der Waals surface area contributed by atoms with Crippen LogP contribution in [-0.2, 0) is 9.53 Å². The van der Waals surface area contributed by atoms with Crippen molar-refractivity contribution in [1.82, 2.24) is 15.1 Å². The van der Waals surface area contributed by atoms with E-state index in [1.807, 2.05) is 20.8 Å². The van der Waals surface area contributed by atoms with Crippen LogP contribution in [0.4, 0.5) is 4.79 Å². The Bertz CT molecular complexity index is 708. The highest BCUT2D eigenvalue weighted by Crippen LogP contribution is 2.13. The topological polar surface area (TPSA) is 79.0 Å². The summed E-state index contributed by atoms with van der Waals surface area (Å²) in [6.07, 6.45) is 0.0476. The van der Waals surface area contributed by atoms with Gasteiger partial charge in [-0.1, -0.05) is 11.6 Å². The number of Topliss-reactive ketones (excluding diaryl/α,β-unsaturated/α-hetero) is 1. The van der Waals surface area contributed by atoms with Gasteiger partial charge in [0.2, 0.25) is 5.91 Å². The molecule has 0 unspecified atom stereocenters. The number of ether oxygens (including phenoxy) is 1. The van der Waals surface area contributed by atoms with Gasteiger partial charge >= 0.3 is 6.09 Å². The van der Waals surface area contributed by atoms with Gasteiger partial charge in [0.05, 0.1) is 0 Å². The second-order valence-corrected chi connectivity index (χ2v) is 8.53. The van der Waals surface area contributed by atoms with Gasteiger partial charge in [0.15, 0.2) is 5.78 Å². The van der Waals surface area contributed by atoms with E-state index in [0.717, 1.165) is 13.1 Å². The average molecular weight is 424 g/mol. The number of ketones is 1.